The van der Waals surface area contributed by atoms with Gasteiger partial charge in [-0.2, -0.15) is 16.3 Å². The normalized spacial score (nSPS) is 10.6. The minimum atomic E-state index is 0.248. The number of nitrogens with two attached hydrogens (primary N) is 1. The van der Waals surface area contributed by atoms with E-state index < -0.39 is 0 Å². The van der Waals surface area contributed by atoms with Crippen LogP contribution in [-0.2, 0) is 0 Å². The number of nitrogen functional groups attached to an aromatic ring is 1. The highest BCUT2D eigenvalue weighted by molar-refractivity contribution is 7.08. The van der Waals surface area contributed by atoms with Crippen molar-refractivity contribution in [3.05, 3.63) is 51.8 Å². The molecule has 2 aromatic heterocycles. The number of halogens is 1. The van der Waals surface area contributed by atoms with Crippen molar-refractivity contribution in [3.8, 4) is 11.1 Å². The van der Waals surface area contributed by atoms with Crippen LogP contribution in [0, 0.1) is 6.92 Å². The molecule has 0 aliphatic carbocycles. The Balaban J connectivity index is 1.95. The summed E-state index contributed by atoms with van der Waals surface area (Å²) in [5.41, 5.74) is 9.54. The van der Waals surface area contributed by atoms with Crippen molar-refractivity contribution in [1.82, 2.24) is 9.97 Å². The molecule has 1 aromatic carbocycles. The van der Waals surface area contributed by atoms with Crippen molar-refractivity contribution in [1.29, 1.82) is 0 Å². The van der Waals surface area contributed by atoms with E-state index in [-0.39, 0.29) is 5.95 Å². The summed E-state index contributed by atoms with van der Waals surface area (Å²) in [6.45, 7) is 1.87. The molecule has 0 fully saturated rings. The van der Waals surface area contributed by atoms with Crippen LogP contribution in [0.15, 0.2) is 41.1 Å². The van der Waals surface area contributed by atoms with Gasteiger partial charge in [-0.05, 0) is 53.1 Å². The Hall–Kier alpha value is -2.11. The average Bonchev–Trinajstić information content (AvgIpc) is 2.90. The number of hydrogen-bond donors (Lipinski definition) is 2. The van der Waals surface area contributed by atoms with E-state index >= 15 is 0 Å². The fraction of sp³-hybridized carbons (Fsp3) is 0.0667. The molecular formula is C15H13ClN4S. The molecule has 0 aliphatic rings. The molecule has 4 nitrogen and oxygen atoms in total. The topological polar surface area (TPSA) is 63.8 Å². The van der Waals surface area contributed by atoms with E-state index in [1.807, 2.05) is 36.6 Å². The number of benzene rings is 1. The summed E-state index contributed by atoms with van der Waals surface area (Å²) in [5.74, 6) is 0.899. The van der Waals surface area contributed by atoms with Crippen LogP contribution in [0.2, 0.25) is 5.02 Å². The number of rotatable bonds is 3. The first kappa shape index (κ1) is 13.9. The van der Waals surface area contributed by atoms with E-state index in [4.69, 9.17) is 17.3 Å². The quantitative estimate of drug-likeness (QED) is 0.747. The van der Waals surface area contributed by atoms with Gasteiger partial charge < -0.3 is 11.1 Å². The lowest BCUT2D eigenvalue weighted by Crippen LogP contribution is -2.01. The summed E-state index contributed by atoms with van der Waals surface area (Å²) in [7, 11) is 0. The van der Waals surface area contributed by atoms with E-state index in [0.29, 0.717) is 10.8 Å². The molecule has 2 heterocycles. The predicted molar refractivity (Wildman–Crippen MR) is 89.2 cm³/mol. The number of aromatic nitrogens is 2. The number of anilines is 3. The average molecular weight is 317 g/mol. The Kier molecular flexibility index (Phi) is 3.77. The predicted octanol–water partition coefficient (Wildman–Crippen LogP) is 4.49. The molecule has 0 spiro atoms. The van der Waals surface area contributed by atoms with Gasteiger partial charge >= 0.3 is 0 Å². The smallest absolute Gasteiger partial charge is 0.222 e. The van der Waals surface area contributed by atoms with Crippen LogP contribution >= 0.6 is 22.9 Å². The zero-order valence-electron chi connectivity index (χ0n) is 11.3. The van der Waals surface area contributed by atoms with Crippen molar-refractivity contribution in [2.45, 2.75) is 6.92 Å². The Morgan fingerprint density at radius 1 is 1.14 bits per heavy atom. The lowest BCUT2D eigenvalue weighted by Gasteiger charge is -2.09. The number of aryl methyl sites for hydroxylation is 1. The summed E-state index contributed by atoms with van der Waals surface area (Å²) < 4.78 is 0. The monoisotopic (exact) mass is 316 g/mol. The zero-order valence-corrected chi connectivity index (χ0v) is 12.9. The third-order valence-corrected chi connectivity index (χ3v) is 3.80. The van der Waals surface area contributed by atoms with Gasteiger partial charge in [-0.25, -0.2) is 4.98 Å². The van der Waals surface area contributed by atoms with Crippen LogP contribution in [0.5, 0.6) is 0 Å². The van der Waals surface area contributed by atoms with E-state index in [1.165, 1.54) is 0 Å². The second-order valence-corrected chi connectivity index (χ2v) is 5.83. The molecule has 0 saturated carbocycles. The van der Waals surface area contributed by atoms with Crippen molar-refractivity contribution < 1.29 is 0 Å². The summed E-state index contributed by atoms with van der Waals surface area (Å²) >= 11 is 7.86. The van der Waals surface area contributed by atoms with E-state index in [9.17, 15) is 0 Å². The molecule has 0 atom stereocenters. The SMILES string of the molecule is Cc1cc(Nc2cc(Cl)cc(-c3ccsc3)c2)nc(N)n1. The van der Waals surface area contributed by atoms with Crippen LogP contribution < -0.4 is 11.1 Å². The molecule has 106 valence electrons. The second-order valence-electron chi connectivity index (χ2n) is 4.62. The van der Waals surface area contributed by atoms with Gasteiger partial charge in [-0.15, -0.1) is 0 Å². The summed E-state index contributed by atoms with van der Waals surface area (Å²) in [4.78, 5) is 8.22. The lowest BCUT2D eigenvalue weighted by molar-refractivity contribution is 1.12. The zero-order chi connectivity index (χ0) is 14.8. The lowest BCUT2D eigenvalue weighted by atomic mass is 10.1. The Bertz CT molecular complexity index is 751. The van der Waals surface area contributed by atoms with Gasteiger partial charge in [-0.1, -0.05) is 11.6 Å². The summed E-state index contributed by atoms with van der Waals surface area (Å²) in [5, 5.41) is 8.01. The molecule has 0 aliphatic heterocycles. The minimum absolute atomic E-state index is 0.248. The fourth-order valence-electron chi connectivity index (χ4n) is 2.06. The largest absolute Gasteiger partial charge is 0.368 e. The highest BCUT2D eigenvalue weighted by Gasteiger charge is 2.05. The molecular weight excluding hydrogens is 304 g/mol. The molecule has 6 heteroatoms. The minimum Gasteiger partial charge on any atom is -0.368 e. The highest BCUT2D eigenvalue weighted by atomic mass is 35.5. The maximum absolute atomic E-state index is 6.20. The Labute approximate surface area is 131 Å². The van der Waals surface area contributed by atoms with Crippen LogP contribution in [0.25, 0.3) is 11.1 Å². The van der Waals surface area contributed by atoms with Gasteiger partial charge in [0.15, 0.2) is 0 Å². The summed E-state index contributed by atoms with van der Waals surface area (Å²) in [6.07, 6.45) is 0. The van der Waals surface area contributed by atoms with Gasteiger partial charge in [0.2, 0.25) is 5.95 Å². The Morgan fingerprint density at radius 3 is 2.71 bits per heavy atom. The van der Waals surface area contributed by atoms with Crippen LogP contribution in [-0.4, -0.2) is 9.97 Å². The van der Waals surface area contributed by atoms with E-state index in [1.54, 1.807) is 11.3 Å². The molecule has 21 heavy (non-hydrogen) atoms. The second kappa shape index (κ2) is 5.71. The number of nitrogens with one attached hydrogen (secondary N) is 1. The van der Waals surface area contributed by atoms with Crippen molar-refractivity contribution in [2.24, 2.45) is 0 Å². The fourth-order valence-corrected chi connectivity index (χ4v) is 2.96. The molecule has 0 unspecified atom stereocenters. The van der Waals surface area contributed by atoms with Crippen LogP contribution in [0.1, 0.15) is 5.69 Å². The number of hydrogen-bond acceptors (Lipinski definition) is 5. The molecule has 0 saturated heterocycles. The van der Waals surface area contributed by atoms with Crippen LogP contribution in [0.3, 0.4) is 0 Å². The molecule has 3 N–H and O–H groups in total. The molecule has 3 rings (SSSR count). The number of nitrogens with zero attached hydrogens (tertiary/aromatic N) is 2. The molecule has 0 amide bonds. The van der Waals surface area contributed by atoms with Crippen molar-refractivity contribution in [2.75, 3.05) is 11.1 Å². The first-order valence-corrected chi connectivity index (χ1v) is 7.63. The first-order chi connectivity index (χ1) is 10.1. The van der Waals surface area contributed by atoms with Gasteiger partial charge in [0.05, 0.1) is 0 Å². The van der Waals surface area contributed by atoms with Crippen molar-refractivity contribution in [3.63, 3.8) is 0 Å². The maximum atomic E-state index is 6.20. The third-order valence-electron chi connectivity index (χ3n) is 2.90. The summed E-state index contributed by atoms with van der Waals surface area (Å²) in [6, 6.07) is 9.72. The van der Waals surface area contributed by atoms with Gasteiger partial charge in [0, 0.05) is 22.5 Å². The first-order valence-electron chi connectivity index (χ1n) is 6.31. The van der Waals surface area contributed by atoms with E-state index in [2.05, 4.69) is 26.7 Å². The highest BCUT2D eigenvalue weighted by Crippen LogP contribution is 2.30. The van der Waals surface area contributed by atoms with Crippen molar-refractivity contribution >= 4 is 40.4 Å². The molecule has 0 bridgehead atoms. The number of thiophene rings is 1. The van der Waals surface area contributed by atoms with Gasteiger partial charge in [-0.3, -0.25) is 0 Å². The Morgan fingerprint density at radius 2 is 2.00 bits per heavy atom. The van der Waals surface area contributed by atoms with Gasteiger partial charge in [0.25, 0.3) is 0 Å². The third kappa shape index (κ3) is 3.32. The molecule has 3 aromatic rings. The maximum Gasteiger partial charge on any atom is 0.222 e. The standard InChI is InChI=1S/C15H13ClN4S/c1-9-4-14(20-15(17)18-9)19-13-6-11(5-12(16)7-13)10-2-3-21-8-10/h2-8H,1H3,(H3,17,18,19,20). The van der Waals surface area contributed by atoms with Gasteiger partial charge in [0.1, 0.15) is 5.82 Å². The van der Waals surface area contributed by atoms with E-state index in [0.717, 1.165) is 22.5 Å². The van der Waals surface area contributed by atoms with Crippen LogP contribution in [0.4, 0.5) is 17.5 Å². The molecule has 0 radical (unpaired) electrons.